The summed E-state index contributed by atoms with van der Waals surface area (Å²) in [7, 11) is -4.33. The quantitative estimate of drug-likeness (QED) is 0.769. The summed E-state index contributed by atoms with van der Waals surface area (Å²) >= 11 is 0.896. The molecular formula is C15H15F3N2O4S2. The maximum atomic E-state index is 13.1. The largest absolute Gasteiger partial charge is 0.417 e. The number of thioether (sulfide) groups is 1. The molecule has 2 heterocycles. The van der Waals surface area contributed by atoms with Gasteiger partial charge in [0.05, 0.1) is 16.2 Å². The number of amides is 2. The number of sulfonamides is 1. The molecule has 1 aromatic carbocycles. The number of benzene rings is 1. The van der Waals surface area contributed by atoms with Gasteiger partial charge in [0, 0.05) is 19.1 Å². The van der Waals surface area contributed by atoms with Gasteiger partial charge in [0.1, 0.15) is 0 Å². The standard InChI is InChI=1S/C15H15F3N2O4S2/c16-15(17,18)11-3-1-2-4-12(11)26(23,24)19-7-5-10(6-8-19)20-13(21)9-25-14(20)22/h1-4,10H,5-9H2. The average molecular weight is 408 g/mol. The molecule has 0 N–H and O–H groups in total. The van der Waals surface area contributed by atoms with Crippen LogP contribution in [-0.2, 0) is 21.0 Å². The second kappa shape index (κ2) is 6.86. The van der Waals surface area contributed by atoms with Gasteiger partial charge in [-0.2, -0.15) is 17.5 Å². The molecule has 142 valence electrons. The molecule has 0 spiro atoms. The Labute approximate surface area is 152 Å². The molecule has 0 unspecified atom stereocenters. The number of carbonyl (C=O) groups excluding carboxylic acids is 2. The number of hydrogen-bond acceptors (Lipinski definition) is 5. The summed E-state index contributed by atoms with van der Waals surface area (Å²) in [4.78, 5) is 23.9. The van der Waals surface area contributed by atoms with E-state index in [1.165, 1.54) is 6.07 Å². The van der Waals surface area contributed by atoms with Crippen LogP contribution in [0.2, 0.25) is 0 Å². The minimum absolute atomic E-state index is 0.0546. The fourth-order valence-corrected chi connectivity index (χ4v) is 5.58. The van der Waals surface area contributed by atoms with Crippen LogP contribution in [0.3, 0.4) is 0 Å². The smallest absolute Gasteiger partial charge is 0.273 e. The fraction of sp³-hybridized carbons (Fsp3) is 0.467. The minimum atomic E-state index is -4.78. The van der Waals surface area contributed by atoms with Crippen LogP contribution in [0.1, 0.15) is 18.4 Å². The third-order valence-electron chi connectivity index (χ3n) is 4.38. The van der Waals surface area contributed by atoms with Crippen LogP contribution in [0.5, 0.6) is 0 Å². The van der Waals surface area contributed by atoms with Crippen LogP contribution >= 0.6 is 11.8 Å². The number of carbonyl (C=O) groups is 2. The second-order valence-electron chi connectivity index (χ2n) is 5.95. The van der Waals surface area contributed by atoms with Gasteiger partial charge in [-0.3, -0.25) is 14.5 Å². The summed E-state index contributed by atoms with van der Waals surface area (Å²) < 4.78 is 65.7. The third-order valence-corrected chi connectivity index (χ3v) is 7.18. The van der Waals surface area contributed by atoms with Crippen LogP contribution in [0.15, 0.2) is 29.2 Å². The monoisotopic (exact) mass is 408 g/mol. The van der Waals surface area contributed by atoms with Crippen molar-refractivity contribution in [3.63, 3.8) is 0 Å². The van der Waals surface area contributed by atoms with Crippen LogP contribution in [-0.4, -0.2) is 53.7 Å². The van der Waals surface area contributed by atoms with E-state index in [0.29, 0.717) is 0 Å². The predicted molar refractivity (Wildman–Crippen MR) is 87.9 cm³/mol. The minimum Gasteiger partial charge on any atom is -0.273 e. The summed E-state index contributed by atoms with van der Waals surface area (Å²) in [5, 5.41) is -0.362. The fourth-order valence-electron chi connectivity index (χ4n) is 3.12. The van der Waals surface area contributed by atoms with E-state index in [4.69, 9.17) is 0 Å². The number of hydrogen-bond donors (Lipinski definition) is 0. The first kappa shape index (κ1) is 19.2. The zero-order valence-electron chi connectivity index (χ0n) is 13.4. The van der Waals surface area contributed by atoms with E-state index in [1.54, 1.807) is 0 Å². The molecule has 2 amide bonds. The molecule has 3 rings (SSSR count). The Morgan fingerprint density at radius 1 is 1.08 bits per heavy atom. The van der Waals surface area contributed by atoms with Gasteiger partial charge < -0.3 is 0 Å². The second-order valence-corrected chi connectivity index (χ2v) is 8.78. The van der Waals surface area contributed by atoms with Crippen molar-refractivity contribution < 1.29 is 31.2 Å². The molecule has 0 aliphatic carbocycles. The van der Waals surface area contributed by atoms with E-state index in [9.17, 15) is 31.2 Å². The van der Waals surface area contributed by atoms with Gasteiger partial charge in [-0.25, -0.2) is 8.42 Å². The highest BCUT2D eigenvalue weighted by Gasteiger charge is 2.42. The lowest BCUT2D eigenvalue weighted by molar-refractivity contribution is -0.140. The van der Waals surface area contributed by atoms with E-state index in [2.05, 4.69) is 0 Å². The van der Waals surface area contributed by atoms with Gasteiger partial charge in [0.15, 0.2) is 0 Å². The van der Waals surface area contributed by atoms with Crippen LogP contribution in [0.25, 0.3) is 0 Å². The molecule has 26 heavy (non-hydrogen) atoms. The molecule has 0 bridgehead atoms. The maximum Gasteiger partial charge on any atom is 0.417 e. The Kier molecular flexibility index (Phi) is 5.06. The summed E-state index contributed by atoms with van der Waals surface area (Å²) in [6.45, 7) is -0.109. The molecule has 6 nitrogen and oxygen atoms in total. The van der Waals surface area contributed by atoms with E-state index < -0.39 is 32.7 Å². The Balaban J connectivity index is 1.79. The Morgan fingerprint density at radius 3 is 2.23 bits per heavy atom. The van der Waals surface area contributed by atoms with E-state index in [0.717, 1.165) is 39.2 Å². The summed E-state index contributed by atoms with van der Waals surface area (Å²) in [5.41, 5.74) is -1.21. The van der Waals surface area contributed by atoms with Gasteiger partial charge in [-0.1, -0.05) is 23.9 Å². The van der Waals surface area contributed by atoms with Crippen molar-refractivity contribution >= 4 is 32.9 Å². The summed E-state index contributed by atoms with van der Waals surface area (Å²) in [5.74, 6) is -0.250. The van der Waals surface area contributed by atoms with Crippen LogP contribution in [0, 0.1) is 0 Å². The lowest BCUT2D eigenvalue weighted by atomic mass is 10.1. The van der Waals surface area contributed by atoms with Gasteiger partial charge in [0.25, 0.3) is 5.24 Å². The first-order chi connectivity index (χ1) is 12.1. The lowest BCUT2D eigenvalue weighted by Crippen LogP contribution is -2.48. The van der Waals surface area contributed by atoms with E-state index in [1.807, 2.05) is 0 Å². The number of nitrogens with zero attached hydrogens (tertiary/aromatic N) is 2. The first-order valence-electron chi connectivity index (χ1n) is 7.77. The molecule has 2 fully saturated rings. The molecule has 0 aromatic heterocycles. The zero-order chi connectivity index (χ0) is 19.1. The summed E-state index contributed by atoms with van der Waals surface area (Å²) in [6, 6.07) is 3.63. The first-order valence-corrected chi connectivity index (χ1v) is 10.2. The third kappa shape index (κ3) is 3.47. The molecule has 1 aromatic rings. The molecule has 0 saturated carbocycles. The van der Waals surface area contributed by atoms with E-state index >= 15 is 0 Å². The predicted octanol–water partition coefficient (Wildman–Crippen LogP) is 2.55. The summed E-state index contributed by atoms with van der Waals surface area (Å²) in [6.07, 6.45) is -4.38. The van der Waals surface area contributed by atoms with Gasteiger partial charge in [-0.05, 0) is 25.0 Å². The molecule has 2 aliphatic heterocycles. The lowest BCUT2D eigenvalue weighted by Gasteiger charge is -2.35. The number of rotatable bonds is 3. The van der Waals surface area contributed by atoms with Gasteiger partial charge in [-0.15, -0.1) is 0 Å². The van der Waals surface area contributed by atoms with Crippen molar-refractivity contribution in [2.24, 2.45) is 0 Å². The maximum absolute atomic E-state index is 13.1. The molecule has 0 atom stereocenters. The van der Waals surface area contributed by atoms with Crippen molar-refractivity contribution in [3.05, 3.63) is 29.8 Å². The van der Waals surface area contributed by atoms with Gasteiger partial charge >= 0.3 is 6.18 Å². The average Bonchev–Trinajstić information content (AvgIpc) is 2.93. The van der Waals surface area contributed by atoms with Crippen molar-refractivity contribution in [3.8, 4) is 0 Å². The Morgan fingerprint density at radius 2 is 1.69 bits per heavy atom. The topological polar surface area (TPSA) is 74.8 Å². The number of imide groups is 1. The normalized spacial score (nSPS) is 20.8. The molecule has 11 heteroatoms. The SMILES string of the molecule is O=C1CSC(=O)N1C1CCN(S(=O)(=O)c2ccccc2C(F)(F)F)CC1. The van der Waals surface area contributed by atoms with Crippen molar-refractivity contribution in [2.75, 3.05) is 18.8 Å². The van der Waals surface area contributed by atoms with Crippen LogP contribution < -0.4 is 0 Å². The highest BCUT2D eigenvalue weighted by molar-refractivity contribution is 8.14. The molecule has 2 saturated heterocycles. The molecular weight excluding hydrogens is 393 g/mol. The highest BCUT2D eigenvalue weighted by atomic mass is 32.2. The van der Waals surface area contributed by atoms with Crippen molar-refractivity contribution in [1.29, 1.82) is 0 Å². The van der Waals surface area contributed by atoms with Crippen molar-refractivity contribution in [1.82, 2.24) is 9.21 Å². The number of alkyl halides is 3. The number of halogens is 3. The zero-order valence-corrected chi connectivity index (χ0v) is 15.0. The van der Waals surface area contributed by atoms with Crippen molar-refractivity contribution in [2.45, 2.75) is 30.0 Å². The molecule has 0 radical (unpaired) electrons. The Hall–Kier alpha value is -1.59. The van der Waals surface area contributed by atoms with Gasteiger partial charge in [0.2, 0.25) is 15.9 Å². The van der Waals surface area contributed by atoms with Crippen LogP contribution in [0.4, 0.5) is 18.0 Å². The van der Waals surface area contributed by atoms with E-state index in [-0.39, 0.29) is 42.8 Å². The molecule has 2 aliphatic rings. The highest BCUT2D eigenvalue weighted by Crippen LogP contribution is 2.36. The Bertz CT molecular complexity index is 818. The number of piperidine rings is 1.